The molecule has 0 amide bonds. The second kappa shape index (κ2) is 3.98. The molecule has 0 aromatic heterocycles. The Morgan fingerprint density at radius 2 is 2.27 bits per heavy atom. The minimum atomic E-state index is -0.416. The van der Waals surface area contributed by atoms with E-state index in [9.17, 15) is 9.18 Å². The summed E-state index contributed by atoms with van der Waals surface area (Å²) in [5.74, 6) is -0.767. The van der Waals surface area contributed by atoms with Crippen LogP contribution < -0.4 is 0 Å². The van der Waals surface area contributed by atoms with Crippen molar-refractivity contribution in [3.8, 4) is 0 Å². The molecule has 1 heterocycles. The molecule has 0 spiro atoms. The molecule has 1 aliphatic heterocycles. The van der Waals surface area contributed by atoms with Crippen molar-refractivity contribution >= 4 is 5.97 Å². The molecule has 80 valence electrons. The number of ether oxygens (including phenoxy) is 2. The van der Waals surface area contributed by atoms with E-state index in [1.165, 1.54) is 18.2 Å². The average Bonchev–Trinajstić information content (AvgIpc) is 2.11. The highest BCUT2D eigenvalue weighted by Crippen LogP contribution is 2.14. The lowest BCUT2D eigenvalue weighted by molar-refractivity contribution is -0.103. The van der Waals surface area contributed by atoms with Gasteiger partial charge in [-0.15, -0.1) is 0 Å². The number of hydrogen-bond acceptors (Lipinski definition) is 3. The first kappa shape index (κ1) is 10.1. The van der Waals surface area contributed by atoms with Gasteiger partial charge in [-0.3, -0.25) is 0 Å². The first-order valence-corrected chi connectivity index (χ1v) is 4.71. The fraction of sp³-hybridized carbons (Fsp3) is 0.364. The van der Waals surface area contributed by atoms with E-state index in [1.807, 2.05) is 0 Å². The molecule has 0 N–H and O–H groups in total. The van der Waals surface area contributed by atoms with E-state index in [-0.39, 0.29) is 11.9 Å². The number of carbonyl (C=O) groups excluding carboxylic acids is 1. The third-order valence-electron chi connectivity index (χ3n) is 2.29. The van der Waals surface area contributed by atoms with Gasteiger partial charge in [0, 0.05) is 0 Å². The van der Waals surface area contributed by atoms with Crippen molar-refractivity contribution in [2.45, 2.75) is 13.0 Å². The second-order valence-electron chi connectivity index (χ2n) is 3.52. The molecular weight excluding hydrogens is 199 g/mol. The van der Waals surface area contributed by atoms with Crippen LogP contribution >= 0.6 is 0 Å². The molecule has 0 saturated carbocycles. The number of hydrogen-bond donors (Lipinski definition) is 0. The molecule has 2 rings (SSSR count). The molecule has 1 saturated heterocycles. The standard InChI is InChI=1S/C11H11FO3/c1-7-4-8(12)2-3-10(7)11(13)15-9-5-14-6-9/h2-4,9H,5-6H2,1H3. The van der Waals surface area contributed by atoms with Gasteiger partial charge < -0.3 is 9.47 Å². The minimum Gasteiger partial charge on any atom is -0.454 e. The van der Waals surface area contributed by atoms with Crippen LogP contribution in [0.5, 0.6) is 0 Å². The summed E-state index contributed by atoms with van der Waals surface area (Å²) >= 11 is 0. The highest BCUT2D eigenvalue weighted by Gasteiger charge is 2.24. The maximum atomic E-state index is 12.8. The van der Waals surface area contributed by atoms with Crippen LogP contribution in [0.2, 0.25) is 0 Å². The highest BCUT2D eigenvalue weighted by atomic mass is 19.1. The van der Waals surface area contributed by atoms with Crippen LogP contribution in [0.3, 0.4) is 0 Å². The highest BCUT2D eigenvalue weighted by molar-refractivity contribution is 5.91. The van der Waals surface area contributed by atoms with Crippen molar-refractivity contribution in [1.29, 1.82) is 0 Å². The Morgan fingerprint density at radius 3 is 2.80 bits per heavy atom. The molecule has 15 heavy (non-hydrogen) atoms. The predicted molar refractivity (Wildman–Crippen MR) is 51.2 cm³/mol. The van der Waals surface area contributed by atoms with Crippen molar-refractivity contribution in [2.75, 3.05) is 13.2 Å². The van der Waals surface area contributed by atoms with E-state index in [1.54, 1.807) is 6.92 Å². The predicted octanol–water partition coefficient (Wildman–Crippen LogP) is 1.69. The number of esters is 1. The van der Waals surface area contributed by atoms with Gasteiger partial charge in [-0.1, -0.05) is 0 Å². The van der Waals surface area contributed by atoms with Crippen molar-refractivity contribution < 1.29 is 18.7 Å². The molecule has 0 atom stereocenters. The Kier molecular flexibility index (Phi) is 2.68. The average molecular weight is 210 g/mol. The summed E-state index contributed by atoms with van der Waals surface area (Å²) < 4.78 is 22.8. The van der Waals surface area contributed by atoms with Crippen molar-refractivity contribution in [2.24, 2.45) is 0 Å². The monoisotopic (exact) mass is 210 g/mol. The molecule has 0 bridgehead atoms. The number of rotatable bonds is 2. The molecule has 1 aromatic carbocycles. The molecule has 4 heteroatoms. The van der Waals surface area contributed by atoms with Gasteiger partial charge in [0.15, 0.2) is 0 Å². The number of aryl methyl sites for hydroxylation is 1. The van der Waals surface area contributed by atoms with E-state index in [2.05, 4.69) is 0 Å². The summed E-state index contributed by atoms with van der Waals surface area (Å²) in [6, 6.07) is 4.00. The summed E-state index contributed by atoms with van der Waals surface area (Å²) in [5, 5.41) is 0. The SMILES string of the molecule is Cc1cc(F)ccc1C(=O)OC1COC1. The van der Waals surface area contributed by atoms with Crippen LogP contribution in [-0.4, -0.2) is 25.3 Å². The Bertz CT molecular complexity index is 385. The van der Waals surface area contributed by atoms with Crippen molar-refractivity contribution in [3.05, 3.63) is 35.1 Å². The summed E-state index contributed by atoms with van der Waals surface area (Å²) in [4.78, 5) is 11.6. The van der Waals surface area contributed by atoms with E-state index in [0.717, 1.165) is 0 Å². The molecule has 0 unspecified atom stereocenters. The van der Waals surface area contributed by atoms with Crippen molar-refractivity contribution in [3.63, 3.8) is 0 Å². The van der Waals surface area contributed by atoms with Crippen LogP contribution in [0.15, 0.2) is 18.2 Å². The first-order chi connectivity index (χ1) is 7.16. The van der Waals surface area contributed by atoms with E-state index in [4.69, 9.17) is 9.47 Å². The first-order valence-electron chi connectivity index (χ1n) is 4.71. The number of carbonyl (C=O) groups is 1. The van der Waals surface area contributed by atoms with Gasteiger partial charge in [-0.05, 0) is 30.7 Å². The van der Waals surface area contributed by atoms with Gasteiger partial charge in [-0.25, -0.2) is 9.18 Å². The molecule has 1 aromatic rings. The van der Waals surface area contributed by atoms with Crippen LogP contribution in [0, 0.1) is 12.7 Å². The zero-order chi connectivity index (χ0) is 10.8. The van der Waals surface area contributed by atoms with Gasteiger partial charge in [0.2, 0.25) is 0 Å². The smallest absolute Gasteiger partial charge is 0.338 e. The Morgan fingerprint density at radius 1 is 1.53 bits per heavy atom. The Balaban J connectivity index is 2.10. The third-order valence-corrected chi connectivity index (χ3v) is 2.29. The van der Waals surface area contributed by atoms with Gasteiger partial charge in [0.05, 0.1) is 18.8 Å². The normalized spacial score (nSPS) is 15.9. The van der Waals surface area contributed by atoms with Crippen molar-refractivity contribution in [1.82, 2.24) is 0 Å². The van der Waals surface area contributed by atoms with Crippen LogP contribution in [-0.2, 0) is 9.47 Å². The largest absolute Gasteiger partial charge is 0.454 e. The molecule has 0 aliphatic carbocycles. The van der Waals surface area contributed by atoms with E-state index >= 15 is 0 Å². The van der Waals surface area contributed by atoms with E-state index in [0.29, 0.717) is 24.3 Å². The molecule has 3 nitrogen and oxygen atoms in total. The summed E-state index contributed by atoms with van der Waals surface area (Å²) in [6.07, 6.45) is -0.151. The van der Waals surface area contributed by atoms with Crippen LogP contribution in [0.4, 0.5) is 4.39 Å². The van der Waals surface area contributed by atoms with Crippen LogP contribution in [0.1, 0.15) is 15.9 Å². The fourth-order valence-electron chi connectivity index (χ4n) is 1.35. The maximum absolute atomic E-state index is 12.8. The number of halogens is 1. The van der Waals surface area contributed by atoms with Crippen LogP contribution in [0.25, 0.3) is 0 Å². The second-order valence-corrected chi connectivity index (χ2v) is 3.52. The number of benzene rings is 1. The summed E-state index contributed by atoms with van der Waals surface area (Å²) in [5.41, 5.74) is 0.989. The maximum Gasteiger partial charge on any atom is 0.338 e. The molecular formula is C11H11FO3. The molecule has 1 aliphatic rings. The fourth-order valence-corrected chi connectivity index (χ4v) is 1.35. The van der Waals surface area contributed by atoms with Gasteiger partial charge >= 0.3 is 5.97 Å². The molecule has 1 fully saturated rings. The molecule has 0 radical (unpaired) electrons. The van der Waals surface area contributed by atoms with Gasteiger partial charge in [0.25, 0.3) is 0 Å². The summed E-state index contributed by atoms with van der Waals surface area (Å²) in [6.45, 7) is 2.58. The lowest BCUT2D eigenvalue weighted by atomic mass is 10.1. The summed E-state index contributed by atoms with van der Waals surface area (Å²) in [7, 11) is 0. The topological polar surface area (TPSA) is 35.5 Å². The zero-order valence-corrected chi connectivity index (χ0v) is 8.33. The zero-order valence-electron chi connectivity index (χ0n) is 8.33. The van der Waals surface area contributed by atoms with E-state index < -0.39 is 5.97 Å². The quantitative estimate of drug-likeness (QED) is 0.697. The Hall–Kier alpha value is -1.42. The van der Waals surface area contributed by atoms with Gasteiger partial charge in [0.1, 0.15) is 11.9 Å². The minimum absolute atomic E-state index is 0.151. The lowest BCUT2D eigenvalue weighted by Gasteiger charge is -2.25. The lowest BCUT2D eigenvalue weighted by Crippen LogP contribution is -2.37. The van der Waals surface area contributed by atoms with Gasteiger partial charge in [-0.2, -0.15) is 0 Å². The third kappa shape index (κ3) is 2.15. The Labute approximate surface area is 86.8 Å².